The van der Waals surface area contributed by atoms with E-state index in [2.05, 4.69) is 26.1 Å². The highest BCUT2D eigenvalue weighted by atomic mass is 32.2. The second-order valence-electron chi connectivity index (χ2n) is 7.21. The zero-order valence-electron chi connectivity index (χ0n) is 13.2. The molecule has 1 aliphatic heterocycles. The maximum Gasteiger partial charge on any atom is 0.211 e. The van der Waals surface area contributed by atoms with Crippen LogP contribution in [0.1, 0.15) is 40.0 Å². The Morgan fingerprint density at radius 2 is 2.05 bits per heavy atom. The number of piperidine rings is 1. The van der Waals surface area contributed by atoms with Gasteiger partial charge in [-0.2, -0.15) is 0 Å². The smallest absolute Gasteiger partial charge is 0.211 e. The summed E-state index contributed by atoms with van der Waals surface area (Å²) in [5, 5.41) is 13.2. The van der Waals surface area contributed by atoms with E-state index in [-0.39, 0.29) is 11.5 Å². The van der Waals surface area contributed by atoms with Crippen LogP contribution >= 0.6 is 0 Å². The fourth-order valence-corrected chi connectivity index (χ4v) is 3.67. The lowest BCUT2D eigenvalue weighted by molar-refractivity contribution is 0.117. The van der Waals surface area contributed by atoms with Crippen molar-refractivity contribution < 1.29 is 13.5 Å². The number of nitrogens with zero attached hydrogens (tertiary/aromatic N) is 1. The fourth-order valence-electron chi connectivity index (χ4n) is 2.73. The predicted octanol–water partition coefficient (Wildman–Crippen LogP) is 1.04. The summed E-state index contributed by atoms with van der Waals surface area (Å²) >= 11 is 0. The van der Waals surface area contributed by atoms with Gasteiger partial charge in [0.15, 0.2) is 0 Å². The van der Waals surface area contributed by atoms with E-state index in [1.807, 2.05) is 0 Å². The molecule has 0 saturated carbocycles. The van der Waals surface area contributed by atoms with Crippen molar-refractivity contribution >= 4 is 10.0 Å². The average molecular weight is 306 g/mol. The van der Waals surface area contributed by atoms with Crippen LogP contribution in [0.25, 0.3) is 0 Å². The first-order valence-electron chi connectivity index (χ1n) is 7.42. The van der Waals surface area contributed by atoms with Crippen LogP contribution < -0.4 is 5.32 Å². The first kappa shape index (κ1) is 17.9. The summed E-state index contributed by atoms with van der Waals surface area (Å²) in [4.78, 5) is 0. The molecule has 0 radical (unpaired) electrons. The molecular weight excluding hydrogens is 276 g/mol. The molecule has 0 amide bonds. The maximum absolute atomic E-state index is 11.5. The molecule has 120 valence electrons. The molecule has 0 spiro atoms. The van der Waals surface area contributed by atoms with Crippen LogP contribution in [0.15, 0.2) is 0 Å². The molecule has 1 fully saturated rings. The van der Waals surface area contributed by atoms with Gasteiger partial charge in [-0.15, -0.1) is 0 Å². The van der Waals surface area contributed by atoms with Crippen molar-refractivity contribution in [3.05, 3.63) is 0 Å². The van der Waals surface area contributed by atoms with Crippen molar-refractivity contribution in [2.45, 2.75) is 46.1 Å². The van der Waals surface area contributed by atoms with Gasteiger partial charge >= 0.3 is 0 Å². The standard InChI is InChI=1S/C14H30N2O3S/c1-14(2,3)8-13(17)10-15-9-12-6-5-7-16(11-12)20(4,18)19/h12-13,15,17H,5-11H2,1-4H3. The maximum atomic E-state index is 11.5. The van der Waals surface area contributed by atoms with Crippen molar-refractivity contribution in [2.75, 3.05) is 32.4 Å². The summed E-state index contributed by atoms with van der Waals surface area (Å²) < 4.78 is 24.6. The molecule has 20 heavy (non-hydrogen) atoms. The van der Waals surface area contributed by atoms with Crippen molar-refractivity contribution in [2.24, 2.45) is 11.3 Å². The molecule has 0 aromatic carbocycles. The summed E-state index contributed by atoms with van der Waals surface area (Å²) in [7, 11) is -3.07. The van der Waals surface area contributed by atoms with Crippen LogP contribution in [0, 0.1) is 11.3 Å². The third-order valence-electron chi connectivity index (χ3n) is 3.61. The van der Waals surface area contributed by atoms with E-state index in [0.29, 0.717) is 25.6 Å². The number of hydrogen-bond donors (Lipinski definition) is 2. The summed E-state index contributed by atoms with van der Waals surface area (Å²) in [6.07, 6.45) is 3.67. The molecule has 0 bridgehead atoms. The van der Waals surface area contributed by atoms with E-state index in [4.69, 9.17) is 0 Å². The molecule has 6 heteroatoms. The van der Waals surface area contributed by atoms with E-state index in [1.54, 1.807) is 4.31 Å². The number of nitrogens with one attached hydrogen (secondary N) is 1. The van der Waals surface area contributed by atoms with Crippen LogP contribution in [0.3, 0.4) is 0 Å². The molecule has 2 N–H and O–H groups in total. The van der Waals surface area contributed by atoms with Gasteiger partial charge in [0, 0.05) is 19.6 Å². The zero-order chi connectivity index (χ0) is 15.4. The lowest BCUT2D eigenvalue weighted by atomic mass is 9.89. The molecule has 1 rings (SSSR count). The van der Waals surface area contributed by atoms with Crippen LogP contribution in [-0.2, 0) is 10.0 Å². The largest absolute Gasteiger partial charge is 0.392 e. The Morgan fingerprint density at radius 1 is 1.40 bits per heavy atom. The van der Waals surface area contributed by atoms with Crippen molar-refractivity contribution in [3.63, 3.8) is 0 Å². The van der Waals surface area contributed by atoms with Gasteiger partial charge in [-0.1, -0.05) is 20.8 Å². The van der Waals surface area contributed by atoms with Gasteiger partial charge in [-0.3, -0.25) is 0 Å². The molecular formula is C14H30N2O3S. The summed E-state index contributed by atoms with van der Waals surface area (Å²) in [6.45, 7) is 8.92. The Morgan fingerprint density at radius 3 is 2.60 bits per heavy atom. The van der Waals surface area contributed by atoms with Gasteiger partial charge in [0.05, 0.1) is 12.4 Å². The number of rotatable bonds is 6. The van der Waals surface area contributed by atoms with Gasteiger partial charge < -0.3 is 10.4 Å². The van der Waals surface area contributed by atoms with Crippen molar-refractivity contribution in [3.8, 4) is 0 Å². The minimum absolute atomic E-state index is 0.124. The van der Waals surface area contributed by atoms with E-state index in [0.717, 1.165) is 25.8 Å². The molecule has 0 aliphatic carbocycles. The first-order valence-corrected chi connectivity index (χ1v) is 9.27. The number of hydrogen-bond acceptors (Lipinski definition) is 4. The molecule has 2 atom stereocenters. The van der Waals surface area contributed by atoms with Gasteiger partial charge in [0.25, 0.3) is 0 Å². The fraction of sp³-hybridized carbons (Fsp3) is 1.00. The minimum atomic E-state index is -3.07. The second kappa shape index (κ2) is 7.20. The molecule has 0 aromatic rings. The molecule has 1 saturated heterocycles. The molecule has 0 aromatic heterocycles. The third-order valence-corrected chi connectivity index (χ3v) is 4.88. The van der Waals surface area contributed by atoms with Crippen molar-refractivity contribution in [1.29, 1.82) is 0 Å². The van der Waals surface area contributed by atoms with E-state index in [9.17, 15) is 13.5 Å². The highest BCUT2D eigenvalue weighted by molar-refractivity contribution is 7.88. The minimum Gasteiger partial charge on any atom is -0.392 e. The topological polar surface area (TPSA) is 69.6 Å². The number of sulfonamides is 1. The van der Waals surface area contributed by atoms with E-state index >= 15 is 0 Å². The van der Waals surface area contributed by atoms with E-state index in [1.165, 1.54) is 6.26 Å². The summed E-state index contributed by atoms with van der Waals surface area (Å²) in [5.41, 5.74) is 0.124. The lowest BCUT2D eigenvalue weighted by Crippen LogP contribution is -2.43. The Hall–Kier alpha value is -0.170. The van der Waals surface area contributed by atoms with Gasteiger partial charge in [0.1, 0.15) is 0 Å². The Balaban J connectivity index is 2.28. The van der Waals surface area contributed by atoms with Crippen LogP contribution in [0.2, 0.25) is 0 Å². The normalized spacial score (nSPS) is 23.8. The molecule has 1 heterocycles. The summed E-state index contributed by atoms with van der Waals surface area (Å²) in [6, 6.07) is 0. The predicted molar refractivity (Wildman–Crippen MR) is 82.1 cm³/mol. The number of aliphatic hydroxyl groups is 1. The number of aliphatic hydroxyl groups excluding tert-OH is 1. The third kappa shape index (κ3) is 7.02. The highest BCUT2D eigenvalue weighted by Gasteiger charge is 2.25. The monoisotopic (exact) mass is 306 g/mol. The Bertz CT molecular complexity index is 390. The van der Waals surface area contributed by atoms with Gasteiger partial charge in [-0.05, 0) is 37.1 Å². The van der Waals surface area contributed by atoms with Crippen LogP contribution in [-0.4, -0.2) is 56.4 Å². The molecule has 1 aliphatic rings. The first-order chi connectivity index (χ1) is 9.08. The molecule has 5 nitrogen and oxygen atoms in total. The van der Waals surface area contributed by atoms with E-state index < -0.39 is 10.0 Å². The lowest BCUT2D eigenvalue weighted by Gasteiger charge is -2.31. The quantitative estimate of drug-likeness (QED) is 0.769. The zero-order valence-corrected chi connectivity index (χ0v) is 14.0. The van der Waals surface area contributed by atoms with Gasteiger partial charge in [-0.25, -0.2) is 12.7 Å². The Kier molecular flexibility index (Phi) is 6.44. The summed E-state index contributed by atoms with van der Waals surface area (Å²) in [5.74, 6) is 0.348. The van der Waals surface area contributed by atoms with Crippen LogP contribution in [0.4, 0.5) is 0 Å². The SMILES string of the molecule is CC(C)(C)CC(O)CNCC1CCCN(S(C)(=O)=O)C1. The van der Waals surface area contributed by atoms with Crippen molar-refractivity contribution in [1.82, 2.24) is 9.62 Å². The second-order valence-corrected chi connectivity index (χ2v) is 9.19. The van der Waals surface area contributed by atoms with Gasteiger partial charge in [0.2, 0.25) is 10.0 Å². The molecule has 2 unspecified atom stereocenters. The highest BCUT2D eigenvalue weighted by Crippen LogP contribution is 2.21. The average Bonchev–Trinajstić information content (AvgIpc) is 2.25. The van der Waals surface area contributed by atoms with Crippen LogP contribution in [0.5, 0.6) is 0 Å². The Labute approximate surface area is 123 Å².